The topological polar surface area (TPSA) is 435 Å². The first-order valence-electron chi connectivity index (χ1n) is 23.7. The van der Waals surface area contributed by atoms with E-state index in [0.29, 0.717) is 6.42 Å². The molecule has 6 unspecified atom stereocenters. The minimum Gasteiger partial charge on any atom is -0.388 e. The van der Waals surface area contributed by atoms with Crippen molar-refractivity contribution in [1.29, 1.82) is 5.41 Å². The number of nitrogens with two attached hydrogens (primary N) is 7. The predicted molar refractivity (Wildman–Crippen MR) is 274 cm³/mol. The number of unbranched alkanes of at least 4 members (excludes halogenated alkanes) is 1. The molecule has 24 nitrogen and oxygen atoms in total. The highest BCUT2D eigenvalue weighted by Crippen LogP contribution is 2.37. The summed E-state index contributed by atoms with van der Waals surface area (Å²) < 4.78 is 63.3. The van der Waals surface area contributed by atoms with E-state index in [1.165, 1.54) is 7.05 Å². The van der Waals surface area contributed by atoms with Crippen LogP contribution in [0.3, 0.4) is 0 Å². The zero-order valence-electron chi connectivity index (χ0n) is 41.6. The van der Waals surface area contributed by atoms with Crippen molar-refractivity contribution in [2.75, 3.05) is 38.2 Å². The summed E-state index contributed by atoms with van der Waals surface area (Å²) in [5.41, 5.74) is 38.5. The Hall–Kier alpha value is -6.43. The molecule has 74 heavy (non-hydrogen) atoms. The highest BCUT2D eigenvalue weighted by molar-refractivity contribution is 7.99. The number of halogens is 4. The third-order valence-electron chi connectivity index (χ3n) is 11.2. The molecule has 1 aromatic rings. The zero-order chi connectivity index (χ0) is 55.7. The van der Waals surface area contributed by atoms with Crippen LogP contribution in [0, 0.1) is 34.6 Å². The SMILES string of the molecule is CNC1CSc2c(F)c(F)c(c(F)c2F)SCC(C(=O)CCC(=O)C(C)C)NC(=O)C(CCCN=C(N)N)NC(=O)C(CCCN=C(N)N)NC(=O)C(CCCN=C(N)N)NC(=O)C(CCCCC(=N)N)NC1=O. The lowest BCUT2D eigenvalue weighted by Crippen LogP contribution is -2.59. The molecule has 0 saturated carbocycles. The molecule has 0 spiro atoms. The lowest BCUT2D eigenvalue weighted by atomic mass is 10.0. The molecule has 414 valence electrons. The molecule has 2 bridgehead atoms. The van der Waals surface area contributed by atoms with Crippen LogP contribution in [0.1, 0.15) is 90.9 Å². The predicted octanol–water partition coefficient (Wildman–Crippen LogP) is -1.32. The molecule has 0 saturated heterocycles. The third kappa shape index (κ3) is 22.4. The summed E-state index contributed by atoms with van der Waals surface area (Å²) in [6.07, 6.45) is -0.564. The van der Waals surface area contributed by atoms with Gasteiger partial charge in [0.05, 0.1) is 27.7 Å². The second-order valence-corrected chi connectivity index (χ2v) is 19.4. The number of carbonyl (C=O) groups is 7. The van der Waals surface area contributed by atoms with E-state index in [4.69, 9.17) is 45.5 Å². The Morgan fingerprint density at radius 3 is 1.30 bits per heavy atom. The fourth-order valence-electron chi connectivity index (χ4n) is 7.00. The molecular formula is C44H71F4N17O7S2. The summed E-state index contributed by atoms with van der Waals surface area (Å²) in [5, 5.41) is 23.0. The van der Waals surface area contributed by atoms with Crippen molar-refractivity contribution >= 4 is 88.3 Å². The Morgan fingerprint density at radius 1 is 0.568 bits per heavy atom. The van der Waals surface area contributed by atoms with Crippen molar-refractivity contribution < 1.29 is 51.1 Å². The molecule has 30 heteroatoms. The molecule has 6 atom stereocenters. The molecular weight excluding hydrogens is 1020 g/mol. The maximum atomic E-state index is 15.8. The van der Waals surface area contributed by atoms with Gasteiger partial charge in [-0.1, -0.05) is 20.3 Å². The number of aliphatic imine (C=N–C) groups is 3. The van der Waals surface area contributed by atoms with Gasteiger partial charge < -0.3 is 72.0 Å². The molecule has 0 fully saturated rings. The van der Waals surface area contributed by atoms with Gasteiger partial charge in [0, 0.05) is 56.3 Å². The van der Waals surface area contributed by atoms with Gasteiger partial charge in [-0.05, 0) is 58.4 Å². The Labute approximate surface area is 434 Å². The van der Waals surface area contributed by atoms with E-state index in [2.05, 4.69) is 46.9 Å². The lowest BCUT2D eigenvalue weighted by molar-refractivity contribution is -0.135. The van der Waals surface area contributed by atoms with Crippen LogP contribution in [0.25, 0.3) is 0 Å². The molecule has 21 N–H and O–H groups in total. The van der Waals surface area contributed by atoms with Crippen LogP contribution in [0.5, 0.6) is 0 Å². The minimum atomic E-state index is -1.85. The number of rotatable bonds is 23. The number of thioether (sulfide) groups is 2. The lowest BCUT2D eigenvalue weighted by Gasteiger charge is -2.28. The number of ketones is 2. The van der Waals surface area contributed by atoms with Crippen LogP contribution in [-0.4, -0.2) is 139 Å². The summed E-state index contributed by atoms with van der Waals surface area (Å²) in [5.74, 6) is -16.0. The number of Topliss-reactive ketones (excluding diaryl/α,β-unsaturated/α-hetero) is 2. The number of nitrogens with zero attached hydrogens (tertiary/aromatic N) is 3. The van der Waals surface area contributed by atoms with Crippen LogP contribution < -0.4 is 72.0 Å². The summed E-state index contributed by atoms with van der Waals surface area (Å²) in [4.78, 5) is 107. The Morgan fingerprint density at radius 2 is 0.932 bits per heavy atom. The van der Waals surface area contributed by atoms with E-state index < -0.39 is 128 Å². The second-order valence-electron chi connectivity index (χ2n) is 17.4. The molecule has 3 rings (SSSR count). The van der Waals surface area contributed by atoms with Gasteiger partial charge in [-0.2, -0.15) is 0 Å². The highest BCUT2D eigenvalue weighted by Gasteiger charge is 2.35. The van der Waals surface area contributed by atoms with Crippen molar-refractivity contribution in [1.82, 2.24) is 31.9 Å². The molecule has 2 aliphatic heterocycles. The normalized spacial score (nSPS) is 20.5. The van der Waals surface area contributed by atoms with E-state index in [1.54, 1.807) is 13.8 Å². The molecule has 0 aromatic heterocycles. The van der Waals surface area contributed by atoms with Gasteiger partial charge in [-0.25, -0.2) is 17.6 Å². The monoisotopic (exact) mass is 1090 g/mol. The van der Waals surface area contributed by atoms with Crippen molar-refractivity contribution in [2.24, 2.45) is 61.0 Å². The molecule has 0 aliphatic carbocycles. The number of nitrogens with one attached hydrogen (secondary N) is 7. The third-order valence-corrected chi connectivity index (χ3v) is 13.5. The number of hydrogen-bond donors (Lipinski definition) is 14. The minimum absolute atomic E-state index is 0.0124. The van der Waals surface area contributed by atoms with E-state index in [0.717, 1.165) is 0 Å². The van der Waals surface area contributed by atoms with E-state index >= 15 is 17.6 Å². The summed E-state index contributed by atoms with van der Waals surface area (Å²) in [6.45, 7) is 3.08. The van der Waals surface area contributed by atoms with E-state index in [9.17, 15) is 33.6 Å². The molecule has 2 heterocycles. The number of guanidine groups is 3. The van der Waals surface area contributed by atoms with Crippen LogP contribution in [0.2, 0.25) is 0 Å². The van der Waals surface area contributed by atoms with Gasteiger partial charge in [-0.15, -0.1) is 23.5 Å². The molecule has 1 aromatic carbocycles. The van der Waals surface area contributed by atoms with Crippen LogP contribution in [0.4, 0.5) is 17.6 Å². The summed E-state index contributed by atoms with van der Waals surface area (Å²) >= 11 is 0.393. The van der Waals surface area contributed by atoms with Gasteiger partial charge >= 0.3 is 0 Å². The average molecular weight is 1090 g/mol. The van der Waals surface area contributed by atoms with Crippen LogP contribution >= 0.6 is 23.5 Å². The molecule has 0 radical (unpaired) electrons. The van der Waals surface area contributed by atoms with Crippen molar-refractivity contribution in [3.8, 4) is 0 Å². The van der Waals surface area contributed by atoms with Crippen molar-refractivity contribution in [2.45, 2.75) is 137 Å². The number of likely N-dealkylation sites (N-methyl/N-ethyl adjacent to an activating group) is 1. The van der Waals surface area contributed by atoms with E-state index in [-0.39, 0.29) is 137 Å². The zero-order valence-corrected chi connectivity index (χ0v) is 43.3. The second kappa shape index (κ2) is 32.7. The van der Waals surface area contributed by atoms with Crippen molar-refractivity contribution in [3.63, 3.8) is 0 Å². The first kappa shape index (κ1) is 63.7. The maximum Gasteiger partial charge on any atom is 0.243 e. The number of benzene rings is 1. The maximum absolute atomic E-state index is 15.8. The van der Waals surface area contributed by atoms with Crippen LogP contribution in [0.15, 0.2) is 24.8 Å². The van der Waals surface area contributed by atoms with Crippen molar-refractivity contribution in [3.05, 3.63) is 23.3 Å². The number of fused-ring (bicyclic) bond motifs is 21. The first-order valence-corrected chi connectivity index (χ1v) is 25.7. The number of carbonyl (C=O) groups excluding carboxylic acids is 7. The average Bonchev–Trinajstić information content (AvgIpc) is 3.33. The highest BCUT2D eigenvalue weighted by atomic mass is 32.2. The standard InChI is InChI=1S/C44H71F4N17O7S2/c1-21(2)28(66)14-15-29(67)26-19-73-35-31(45)33(47)36(34(48)32(35)46)74-20-27(57-3)41(72)64-22(9-4-5-13-30(49)50)37(68)61-23(10-6-16-58-42(51)52)38(69)62-24(11-7-17-59-43(53)54)39(70)63-25(40(71)65-26)12-8-18-60-44(55)56/h21-27,57H,4-20H2,1-3H3,(H3,49,50)(H,61,68)(H,62,69)(H,63,70)(H,64,72)(H,65,71)(H4,51,52,58)(H4,53,54,59)(H4,55,56,60). The van der Waals surface area contributed by atoms with Gasteiger partial charge in [0.25, 0.3) is 0 Å². The largest absolute Gasteiger partial charge is 0.388 e. The Bertz CT molecular complexity index is 2200. The fraction of sp³-hybridized carbons (Fsp3) is 0.614. The van der Waals surface area contributed by atoms with Gasteiger partial charge in [0.2, 0.25) is 29.5 Å². The van der Waals surface area contributed by atoms with Gasteiger partial charge in [0.15, 0.2) is 46.9 Å². The van der Waals surface area contributed by atoms with E-state index in [1.807, 2.05) is 0 Å². The van der Waals surface area contributed by atoms with Gasteiger partial charge in [0.1, 0.15) is 30.0 Å². The number of hydrogen-bond acceptors (Lipinski definition) is 14. The van der Waals surface area contributed by atoms with Gasteiger partial charge in [-0.3, -0.25) is 53.9 Å². The first-order chi connectivity index (χ1) is 34.9. The summed E-state index contributed by atoms with van der Waals surface area (Å²) in [6, 6.07) is -8.94. The fourth-order valence-corrected chi connectivity index (χ4v) is 9.12. The number of amides is 5. The Balaban J connectivity index is 2.89. The Kier molecular flexibility index (Phi) is 28.1. The number of amidine groups is 1. The molecule has 5 amide bonds. The van der Waals surface area contributed by atoms with Crippen LogP contribution in [-0.2, 0) is 33.6 Å². The quantitative estimate of drug-likeness (QED) is 0.0151. The smallest absolute Gasteiger partial charge is 0.243 e. The molecule has 2 aliphatic rings. The summed E-state index contributed by atoms with van der Waals surface area (Å²) in [7, 11) is 1.31.